The molecule has 2 aliphatic rings. The first kappa shape index (κ1) is 24.8. The molecule has 2 fully saturated rings. The maximum absolute atomic E-state index is 5.41. The second kappa shape index (κ2) is 14.5. The van der Waals surface area contributed by atoms with Gasteiger partial charge in [-0.25, -0.2) is 0 Å². The number of hydrogen-bond donors (Lipinski definition) is 1. The number of nitrogens with one attached hydrogen (secondary N) is 1. The second-order valence-corrected chi connectivity index (χ2v) is 8.71. The lowest BCUT2D eigenvalue weighted by atomic mass is 10.2. The average Bonchev–Trinajstić information content (AvgIpc) is 3.22. The summed E-state index contributed by atoms with van der Waals surface area (Å²) in [5, 5.41) is 3.50. The van der Waals surface area contributed by atoms with Crippen molar-refractivity contribution in [3.8, 4) is 0 Å². The normalized spacial score (nSPS) is 20.5. The summed E-state index contributed by atoms with van der Waals surface area (Å²) in [6, 6.07) is 10.7. The highest BCUT2D eigenvalue weighted by Gasteiger charge is 2.24. The van der Waals surface area contributed by atoms with Gasteiger partial charge < -0.3 is 15.0 Å². The van der Waals surface area contributed by atoms with Crippen molar-refractivity contribution >= 4 is 41.7 Å². The van der Waals surface area contributed by atoms with Crippen LogP contribution in [-0.2, 0) is 4.74 Å². The standard InChI is InChI=1S/C22H36N4OS.HI/c1-2-23-22(24-11-6-7-12-25-14-16-27-17-15-25)26-13-10-20(18-26)19-28-21-8-4-3-5-9-21;/h3-5,8-9,20H,2,6-7,10-19H2,1H3,(H,23,24);1H. The van der Waals surface area contributed by atoms with Crippen molar-refractivity contribution in [2.24, 2.45) is 10.9 Å². The van der Waals surface area contributed by atoms with E-state index < -0.39 is 0 Å². The van der Waals surface area contributed by atoms with Crippen LogP contribution in [-0.4, -0.2) is 80.5 Å². The molecule has 2 aliphatic heterocycles. The van der Waals surface area contributed by atoms with Gasteiger partial charge in [0.05, 0.1) is 13.2 Å². The summed E-state index contributed by atoms with van der Waals surface area (Å²) in [4.78, 5) is 11.3. The Morgan fingerprint density at radius 3 is 2.72 bits per heavy atom. The fraction of sp³-hybridized carbons (Fsp3) is 0.682. The van der Waals surface area contributed by atoms with Crippen LogP contribution in [0, 0.1) is 5.92 Å². The van der Waals surface area contributed by atoms with E-state index >= 15 is 0 Å². The minimum atomic E-state index is 0. The van der Waals surface area contributed by atoms with Crippen molar-refractivity contribution in [3.63, 3.8) is 0 Å². The van der Waals surface area contributed by atoms with Crippen molar-refractivity contribution in [1.82, 2.24) is 15.1 Å². The van der Waals surface area contributed by atoms with Gasteiger partial charge in [0.15, 0.2) is 5.96 Å². The number of guanidine groups is 1. The van der Waals surface area contributed by atoms with E-state index in [1.54, 1.807) is 0 Å². The molecule has 1 atom stereocenters. The van der Waals surface area contributed by atoms with E-state index in [2.05, 4.69) is 52.4 Å². The molecule has 1 N–H and O–H groups in total. The number of thioether (sulfide) groups is 1. The highest BCUT2D eigenvalue weighted by Crippen LogP contribution is 2.25. The van der Waals surface area contributed by atoms with Crippen LogP contribution in [0.2, 0.25) is 0 Å². The lowest BCUT2D eigenvalue weighted by Gasteiger charge is -2.26. The van der Waals surface area contributed by atoms with Gasteiger partial charge in [-0.05, 0) is 50.8 Å². The van der Waals surface area contributed by atoms with Crippen LogP contribution in [0.1, 0.15) is 26.2 Å². The van der Waals surface area contributed by atoms with Crippen LogP contribution >= 0.6 is 35.7 Å². The van der Waals surface area contributed by atoms with E-state index in [0.717, 1.165) is 70.8 Å². The van der Waals surface area contributed by atoms with Gasteiger partial charge >= 0.3 is 0 Å². The Bertz CT molecular complexity index is 583. The fourth-order valence-electron chi connectivity index (χ4n) is 3.77. The Labute approximate surface area is 198 Å². The summed E-state index contributed by atoms with van der Waals surface area (Å²) in [5.41, 5.74) is 0. The van der Waals surface area contributed by atoms with Gasteiger partial charge in [0, 0.05) is 49.9 Å². The minimum Gasteiger partial charge on any atom is -0.379 e. The molecular formula is C22H37IN4OS. The van der Waals surface area contributed by atoms with Crippen molar-refractivity contribution in [2.75, 3.05) is 64.8 Å². The molecule has 2 heterocycles. The van der Waals surface area contributed by atoms with E-state index in [1.165, 1.54) is 30.0 Å². The van der Waals surface area contributed by atoms with Crippen molar-refractivity contribution in [2.45, 2.75) is 31.1 Å². The lowest BCUT2D eigenvalue weighted by Crippen LogP contribution is -2.40. The summed E-state index contributed by atoms with van der Waals surface area (Å²) in [6.45, 7) is 11.4. The average molecular weight is 533 g/mol. The maximum Gasteiger partial charge on any atom is 0.193 e. The monoisotopic (exact) mass is 532 g/mol. The maximum atomic E-state index is 5.41. The number of unbranched alkanes of at least 4 members (excludes halogenated alkanes) is 1. The molecule has 7 heteroatoms. The molecule has 3 rings (SSSR count). The highest BCUT2D eigenvalue weighted by molar-refractivity contribution is 14.0. The van der Waals surface area contributed by atoms with Gasteiger partial charge in [0.1, 0.15) is 0 Å². The first-order valence-electron chi connectivity index (χ1n) is 10.9. The van der Waals surface area contributed by atoms with Gasteiger partial charge in [0.2, 0.25) is 0 Å². The van der Waals surface area contributed by atoms with Crippen molar-refractivity contribution in [3.05, 3.63) is 30.3 Å². The van der Waals surface area contributed by atoms with E-state index in [4.69, 9.17) is 9.73 Å². The third kappa shape index (κ3) is 9.02. The first-order chi connectivity index (χ1) is 13.8. The molecule has 0 aliphatic carbocycles. The van der Waals surface area contributed by atoms with E-state index in [0.29, 0.717) is 0 Å². The number of benzene rings is 1. The van der Waals surface area contributed by atoms with Crippen LogP contribution in [0.4, 0.5) is 0 Å². The molecule has 0 radical (unpaired) electrons. The van der Waals surface area contributed by atoms with Gasteiger partial charge in [0.25, 0.3) is 0 Å². The van der Waals surface area contributed by atoms with E-state index in [-0.39, 0.29) is 24.0 Å². The molecule has 0 bridgehead atoms. The minimum absolute atomic E-state index is 0. The SMILES string of the molecule is CCNC(=NCCCCN1CCOCC1)N1CCC(CSc2ccccc2)C1.I. The number of nitrogens with zero attached hydrogens (tertiary/aromatic N) is 3. The predicted molar refractivity (Wildman–Crippen MR) is 135 cm³/mol. The topological polar surface area (TPSA) is 40.1 Å². The molecule has 29 heavy (non-hydrogen) atoms. The number of hydrogen-bond acceptors (Lipinski definition) is 4. The Kier molecular flexibility index (Phi) is 12.4. The third-order valence-electron chi connectivity index (χ3n) is 5.40. The van der Waals surface area contributed by atoms with Crippen molar-refractivity contribution in [1.29, 1.82) is 0 Å². The molecule has 0 amide bonds. The van der Waals surface area contributed by atoms with Crippen molar-refractivity contribution < 1.29 is 4.74 Å². The first-order valence-corrected chi connectivity index (χ1v) is 11.8. The summed E-state index contributed by atoms with van der Waals surface area (Å²) < 4.78 is 5.41. The number of halogens is 1. The number of likely N-dealkylation sites (tertiary alicyclic amines) is 1. The number of ether oxygens (including phenoxy) is 1. The molecular weight excluding hydrogens is 495 g/mol. The second-order valence-electron chi connectivity index (χ2n) is 7.62. The molecule has 0 spiro atoms. The molecule has 1 aromatic rings. The zero-order chi connectivity index (χ0) is 19.4. The number of rotatable bonds is 9. The summed E-state index contributed by atoms with van der Waals surface area (Å²) in [7, 11) is 0. The molecule has 0 saturated carbocycles. The summed E-state index contributed by atoms with van der Waals surface area (Å²) >= 11 is 1.98. The molecule has 164 valence electrons. The Balaban J connectivity index is 0.00000300. The van der Waals surface area contributed by atoms with E-state index in [9.17, 15) is 0 Å². The van der Waals surface area contributed by atoms with Crippen LogP contribution in [0.5, 0.6) is 0 Å². The van der Waals surface area contributed by atoms with Gasteiger partial charge in [-0.2, -0.15) is 0 Å². The third-order valence-corrected chi connectivity index (χ3v) is 6.64. The Morgan fingerprint density at radius 2 is 1.97 bits per heavy atom. The van der Waals surface area contributed by atoms with Crippen LogP contribution < -0.4 is 5.32 Å². The Hall–Kier alpha value is -0.510. The van der Waals surface area contributed by atoms with Gasteiger partial charge in [-0.3, -0.25) is 9.89 Å². The quantitative estimate of drug-likeness (QED) is 0.172. The molecule has 0 aromatic heterocycles. The smallest absolute Gasteiger partial charge is 0.193 e. The molecule has 5 nitrogen and oxygen atoms in total. The summed E-state index contributed by atoms with van der Waals surface area (Å²) in [6.07, 6.45) is 3.65. The molecule has 2 saturated heterocycles. The zero-order valence-electron chi connectivity index (χ0n) is 17.7. The van der Waals surface area contributed by atoms with Crippen LogP contribution in [0.3, 0.4) is 0 Å². The van der Waals surface area contributed by atoms with E-state index in [1.807, 2.05) is 11.8 Å². The molecule has 1 unspecified atom stereocenters. The van der Waals surface area contributed by atoms with Gasteiger partial charge in [-0.15, -0.1) is 35.7 Å². The van der Waals surface area contributed by atoms with Crippen LogP contribution in [0.15, 0.2) is 40.2 Å². The number of aliphatic imine (C=N–C) groups is 1. The fourth-order valence-corrected chi connectivity index (χ4v) is 4.82. The molecule has 1 aromatic carbocycles. The largest absolute Gasteiger partial charge is 0.379 e. The number of morpholine rings is 1. The predicted octanol–water partition coefficient (Wildman–Crippen LogP) is 3.80. The zero-order valence-corrected chi connectivity index (χ0v) is 20.9. The highest BCUT2D eigenvalue weighted by atomic mass is 127. The van der Waals surface area contributed by atoms with Gasteiger partial charge in [-0.1, -0.05) is 18.2 Å². The van der Waals surface area contributed by atoms with Crippen LogP contribution in [0.25, 0.3) is 0 Å². The lowest BCUT2D eigenvalue weighted by molar-refractivity contribution is 0.0373. The summed E-state index contributed by atoms with van der Waals surface area (Å²) in [5.74, 6) is 3.05. The Morgan fingerprint density at radius 1 is 1.17 bits per heavy atom.